The van der Waals surface area contributed by atoms with Crippen molar-refractivity contribution < 1.29 is 9.59 Å². The first-order valence-corrected chi connectivity index (χ1v) is 4.25. The van der Waals surface area contributed by atoms with E-state index in [2.05, 4.69) is 0 Å². The number of ketones is 2. The van der Waals surface area contributed by atoms with Gasteiger partial charge < -0.3 is 4.79 Å². The largest absolute Gasteiger partial charge is 0.300 e. The molecule has 0 rings (SSSR count). The molecule has 0 aliphatic rings. The Morgan fingerprint density at radius 3 is 1.67 bits per heavy atom. The zero-order valence-corrected chi connectivity index (χ0v) is 8.60. The van der Waals surface area contributed by atoms with Crippen molar-refractivity contribution in [2.75, 3.05) is 0 Å². The van der Waals surface area contributed by atoms with Gasteiger partial charge in [0.25, 0.3) is 0 Å². The number of Topliss-reactive ketones (excluding diaryl/α,β-unsaturated/α-hetero) is 2. The Morgan fingerprint density at radius 2 is 1.58 bits per heavy atom. The van der Waals surface area contributed by atoms with Gasteiger partial charge in [-0.1, -0.05) is 20.8 Å². The molecule has 2 heteroatoms. The summed E-state index contributed by atoms with van der Waals surface area (Å²) in [5.74, 6) is 0.0674. The molecule has 0 aromatic rings. The van der Waals surface area contributed by atoms with Gasteiger partial charge in [0, 0.05) is 12.3 Å². The van der Waals surface area contributed by atoms with Crippen LogP contribution in [0.3, 0.4) is 0 Å². The molecule has 0 saturated carbocycles. The normalized spacial score (nSPS) is 14.1. The molecule has 0 amide bonds. The number of carbonyl (C=O) groups excluding carboxylic acids is 2. The second-order valence-corrected chi connectivity index (χ2v) is 4.44. The predicted octanol–water partition coefficient (Wildman–Crippen LogP) is 2.22. The van der Waals surface area contributed by atoms with Gasteiger partial charge in [0.15, 0.2) is 0 Å². The molecule has 12 heavy (non-hydrogen) atoms. The molecule has 0 saturated heterocycles. The van der Waals surface area contributed by atoms with E-state index in [1.165, 1.54) is 6.92 Å². The molecule has 0 aliphatic carbocycles. The Labute approximate surface area is 74.3 Å². The van der Waals surface area contributed by atoms with Gasteiger partial charge in [0.2, 0.25) is 0 Å². The van der Waals surface area contributed by atoms with Gasteiger partial charge in [-0.15, -0.1) is 0 Å². The topological polar surface area (TPSA) is 34.1 Å². The van der Waals surface area contributed by atoms with Crippen molar-refractivity contribution in [3.63, 3.8) is 0 Å². The van der Waals surface area contributed by atoms with Crippen LogP contribution in [0.5, 0.6) is 0 Å². The molecule has 1 atom stereocenters. The standard InChI is InChI=1S/C10H18O2/c1-7(11)6-9(8(2)12)10(3,4)5/h9H,6H2,1-5H3. The van der Waals surface area contributed by atoms with Crippen LogP contribution in [0.15, 0.2) is 0 Å². The summed E-state index contributed by atoms with van der Waals surface area (Å²) in [5, 5.41) is 0. The van der Waals surface area contributed by atoms with Gasteiger partial charge in [-0.2, -0.15) is 0 Å². The second kappa shape index (κ2) is 3.83. The number of rotatable bonds is 3. The Kier molecular flexibility index (Phi) is 3.62. The molecular formula is C10H18O2. The number of hydrogen-bond acceptors (Lipinski definition) is 2. The monoisotopic (exact) mass is 170 g/mol. The van der Waals surface area contributed by atoms with Gasteiger partial charge in [0.05, 0.1) is 0 Å². The summed E-state index contributed by atoms with van der Waals surface area (Å²) in [6, 6.07) is 0. The Hall–Kier alpha value is -0.660. The van der Waals surface area contributed by atoms with E-state index in [4.69, 9.17) is 0 Å². The summed E-state index contributed by atoms with van der Waals surface area (Å²) >= 11 is 0. The lowest BCUT2D eigenvalue weighted by molar-refractivity contribution is -0.129. The minimum absolute atomic E-state index is 0.0881. The van der Waals surface area contributed by atoms with Crippen molar-refractivity contribution in [2.24, 2.45) is 11.3 Å². The summed E-state index contributed by atoms with van der Waals surface area (Å²) in [6.07, 6.45) is 0.374. The molecule has 70 valence electrons. The van der Waals surface area contributed by atoms with Crippen molar-refractivity contribution in [3.05, 3.63) is 0 Å². The van der Waals surface area contributed by atoms with Crippen molar-refractivity contribution in [1.82, 2.24) is 0 Å². The van der Waals surface area contributed by atoms with E-state index in [9.17, 15) is 9.59 Å². The molecule has 0 aromatic heterocycles. The van der Waals surface area contributed by atoms with E-state index < -0.39 is 0 Å². The predicted molar refractivity (Wildman–Crippen MR) is 48.9 cm³/mol. The van der Waals surface area contributed by atoms with Gasteiger partial charge in [0.1, 0.15) is 11.6 Å². The fraction of sp³-hybridized carbons (Fsp3) is 0.800. The quantitative estimate of drug-likeness (QED) is 0.650. The zero-order valence-electron chi connectivity index (χ0n) is 8.60. The average Bonchev–Trinajstić information content (AvgIpc) is 1.79. The van der Waals surface area contributed by atoms with Crippen LogP contribution in [0.1, 0.15) is 41.0 Å². The first-order chi connectivity index (χ1) is 5.25. The maximum atomic E-state index is 11.2. The molecule has 0 radical (unpaired) electrons. The van der Waals surface area contributed by atoms with Crippen molar-refractivity contribution in [1.29, 1.82) is 0 Å². The first kappa shape index (κ1) is 11.3. The van der Waals surface area contributed by atoms with E-state index in [1.807, 2.05) is 20.8 Å². The van der Waals surface area contributed by atoms with Crippen molar-refractivity contribution in [3.8, 4) is 0 Å². The Morgan fingerprint density at radius 1 is 1.17 bits per heavy atom. The summed E-state index contributed by atoms with van der Waals surface area (Å²) < 4.78 is 0. The van der Waals surface area contributed by atoms with Crippen LogP contribution in [-0.4, -0.2) is 11.6 Å². The van der Waals surface area contributed by atoms with E-state index in [0.717, 1.165) is 0 Å². The molecule has 0 N–H and O–H groups in total. The van der Waals surface area contributed by atoms with Gasteiger partial charge in [-0.25, -0.2) is 0 Å². The summed E-state index contributed by atoms with van der Waals surface area (Å²) in [7, 11) is 0. The smallest absolute Gasteiger partial charge is 0.133 e. The highest BCUT2D eigenvalue weighted by Crippen LogP contribution is 2.29. The summed E-state index contributed by atoms with van der Waals surface area (Å²) in [5.41, 5.74) is -0.0997. The first-order valence-electron chi connectivity index (χ1n) is 4.25. The van der Waals surface area contributed by atoms with Crippen LogP contribution in [0.4, 0.5) is 0 Å². The summed E-state index contributed by atoms with van der Waals surface area (Å²) in [6.45, 7) is 9.05. The van der Waals surface area contributed by atoms with Crippen molar-refractivity contribution in [2.45, 2.75) is 41.0 Å². The highest BCUT2D eigenvalue weighted by Gasteiger charge is 2.29. The highest BCUT2D eigenvalue weighted by atomic mass is 16.1. The molecule has 1 unspecified atom stereocenters. The molecule has 0 fully saturated rings. The molecule has 0 bridgehead atoms. The average molecular weight is 170 g/mol. The van der Waals surface area contributed by atoms with Crippen LogP contribution in [0.25, 0.3) is 0 Å². The van der Waals surface area contributed by atoms with Crippen LogP contribution in [0, 0.1) is 11.3 Å². The second-order valence-electron chi connectivity index (χ2n) is 4.44. The SMILES string of the molecule is CC(=O)CC(C(C)=O)C(C)(C)C. The van der Waals surface area contributed by atoms with Crippen LogP contribution in [0.2, 0.25) is 0 Å². The maximum absolute atomic E-state index is 11.2. The van der Waals surface area contributed by atoms with Crippen LogP contribution >= 0.6 is 0 Å². The molecule has 0 heterocycles. The lowest BCUT2D eigenvalue weighted by atomic mass is 9.76. The van der Waals surface area contributed by atoms with Gasteiger partial charge in [-0.05, 0) is 19.3 Å². The molecular weight excluding hydrogens is 152 g/mol. The molecule has 0 aliphatic heterocycles. The lowest BCUT2D eigenvalue weighted by Gasteiger charge is -2.27. The minimum Gasteiger partial charge on any atom is -0.300 e. The number of hydrogen-bond donors (Lipinski definition) is 0. The Bertz CT molecular complexity index is 187. The third-order valence-electron chi connectivity index (χ3n) is 2.03. The van der Waals surface area contributed by atoms with E-state index in [1.54, 1.807) is 6.92 Å². The highest BCUT2D eigenvalue weighted by molar-refractivity contribution is 5.86. The third kappa shape index (κ3) is 3.65. The number of carbonyl (C=O) groups is 2. The fourth-order valence-corrected chi connectivity index (χ4v) is 1.35. The molecule has 0 aromatic carbocycles. The van der Waals surface area contributed by atoms with Crippen LogP contribution in [-0.2, 0) is 9.59 Å². The molecule has 0 spiro atoms. The van der Waals surface area contributed by atoms with Crippen LogP contribution < -0.4 is 0 Å². The third-order valence-corrected chi connectivity index (χ3v) is 2.03. The Balaban J connectivity index is 4.46. The van der Waals surface area contributed by atoms with Crippen molar-refractivity contribution >= 4 is 11.6 Å². The molecule has 2 nitrogen and oxygen atoms in total. The van der Waals surface area contributed by atoms with Gasteiger partial charge >= 0.3 is 0 Å². The minimum atomic E-state index is -0.130. The zero-order chi connectivity index (χ0) is 9.94. The summed E-state index contributed by atoms with van der Waals surface area (Å²) in [4.78, 5) is 22.0. The lowest BCUT2D eigenvalue weighted by Crippen LogP contribution is -2.28. The fourth-order valence-electron chi connectivity index (χ4n) is 1.35. The maximum Gasteiger partial charge on any atom is 0.133 e. The van der Waals surface area contributed by atoms with E-state index in [0.29, 0.717) is 6.42 Å². The van der Waals surface area contributed by atoms with Gasteiger partial charge in [-0.3, -0.25) is 4.79 Å². The van der Waals surface area contributed by atoms with E-state index >= 15 is 0 Å². The van der Waals surface area contributed by atoms with E-state index in [-0.39, 0.29) is 22.9 Å².